The van der Waals surface area contributed by atoms with Gasteiger partial charge >= 0.3 is 0 Å². The van der Waals surface area contributed by atoms with Gasteiger partial charge in [0.25, 0.3) is 5.91 Å². The van der Waals surface area contributed by atoms with Crippen molar-refractivity contribution in [1.82, 2.24) is 35.6 Å². The van der Waals surface area contributed by atoms with Crippen molar-refractivity contribution in [3.05, 3.63) is 36.3 Å². The Hall–Kier alpha value is -4.06. The molecule has 12 heteroatoms. The van der Waals surface area contributed by atoms with Gasteiger partial charge in [0.05, 0.1) is 30.0 Å². The Morgan fingerprint density at radius 1 is 1.22 bits per heavy atom. The van der Waals surface area contributed by atoms with E-state index in [4.69, 9.17) is 4.74 Å². The molecule has 3 aromatic rings. The molecular formula is C20H23N9O3. The first-order valence-corrected chi connectivity index (χ1v) is 9.91. The highest BCUT2D eigenvalue weighted by molar-refractivity contribution is 6.00. The maximum Gasteiger partial charge on any atom is 0.273 e. The molecule has 0 unspecified atom stereocenters. The Bertz CT molecular complexity index is 1160. The topological polar surface area (TPSA) is 148 Å². The van der Waals surface area contributed by atoms with E-state index in [0.717, 1.165) is 0 Å². The van der Waals surface area contributed by atoms with Gasteiger partial charge in [0.2, 0.25) is 5.91 Å². The predicted octanol–water partition coefficient (Wildman–Crippen LogP) is 0.542. The minimum Gasteiger partial charge on any atom is -0.494 e. The monoisotopic (exact) mass is 437 g/mol. The lowest BCUT2D eigenvalue weighted by Gasteiger charge is -2.25. The van der Waals surface area contributed by atoms with E-state index in [-0.39, 0.29) is 23.3 Å². The minimum absolute atomic E-state index is 0.0687. The quantitative estimate of drug-likeness (QED) is 0.416. The van der Waals surface area contributed by atoms with Gasteiger partial charge in [0.1, 0.15) is 6.33 Å². The molecule has 0 atom stereocenters. The summed E-state index contributed by atoms with van der Waals surface area (Å²) in [6.45, 7) is 1.23. The average Bonchev–Trinajstić information content (AvgIpc) is 3.18. The van der Waals surface area contributed by atoms with Crippen LogP contribution in [0.2, 0.25) is 0 Å². The number of aromatic nitrogens is 5. The van der Waals surface area contributed by atoms with E-state index < -0.39 is 5.91 Å². The number of aryl methyl sites for hydroxylation is 1. The van der Waals surface area contributed by atoms with Crippen LogP contribution in [0, 0.1) is 5.92 Å². The zero-order chi connectivity index (χ0) is 22.7. The highest BCUT2D eigenvalue weighted by Gasteiger charge is 2.26. The van der Waals surface area contributed by atoms with E-state index in [0.29, 0.717) is 41.6 Å². The number of benzene rings is 1. The SMILES string of the molecule is CNC(=O)c1nnc(NC(=O)C2CNC2)cc1Nc1cccc(-c2ncn(C)n2)c1OC. The fraction of sp³-hybridized carbons (Fsp3) is 0.300. The molecule has 12 nitrogen and oxygen atoms in total. The van der Waals surface area contributed by atoms with Crippen LogP contribution in [0.3, 0.4) is 0 Å². The predicted molar refractivity (Wildman–Crippen MR) is 117 cm³/mol. The van der Waals surface area contributed by atoms with Gasteiger partial charge in [-0.15, -0.1) is 10.2 Å². The number of para-hydroxylation sites is 1. The van der Waals surface area contributed by atoms with E-state index in [2.05, 4.69) is 41.5 Å². The number of rotatable bonds is 7. The molecular weight excluding hydrogens is 414 g/mol. The fourth-order valence-corrected chi connectivity index (χ4v) is 3.18. The molecule has 32 heavy (non-hydrogen) atoms. The first-order chi connectivity index (χ1) is 15.5. The Kier molecular flexibility index (Phi) is 5.94. The number of methoxy groups -OCH3 is 1. The summed E-state index contributed by atoms with van der Waals surface area (Å²) in [6, 6.07) is 7.00. The lowest BCUT2D eigenvalue weighted by atomic mass is 10.0. The van der Waals surface area contributed by atoms with Crippen molar-refractivity contribution in [1.29, 1.82) is 0 Å². The van der Waals surface area contributed by atoms with Gasteiger partial charge in [-0.05, 0) is 12.1 Å². The zero-order valence-corrected chi connectivity index (χ0v) is 17.8. The van der Waals surface area contributed by atoms with E-state index >= 15 is 0 Å². The van der Waals surface area contributed by atoms with Gasteiger partial charge in [-0.3, -0.25) is 14.3 Å². The van der Waals surface area contributed by atoms with Crippen molar-refractivity contribution in [2.24, 2.45) is 13.0 Å². The van der Waals surface area contributed by atoms with Crippen LogP contribution in [0.5, 0.6) is 5.75 Å². The Balaban J connectivity index is 1.69. The summed E-state index contributed by atoms with van der Waals surface area (Å²) in [6.07, 6.45) is 1.60. The molecule has 1 aliphatic heterocycles. The first kappa shape index (κ1) is 21.2. The van der Waals surface area contributed by atoms with Crippen LogP contribution in [0.4, 0.5) is 17.2 Å². The molecule has 1 aromatic carbocycles. The highest BCUT2D eigenvalue weighted by atomic mass is 16.5. The maximum absolute atomic E-state index is 12.4. The van der Waals surface area contributed by atoms with Gasteiger partial charge in [0.15, 0.2) is 23.1 Å². The van der Waals surface area contributed by atoms with Gasteiger partial charge in [-0.1, -0.05) is 6.07 Å². The molecule has 0 spiro atoms. The molecule has 1 saturated heterocycles. The van der Waals surface area contributed by atoms with Crippen LogP contribution >= 0.6 is 0 Å². The number of amides is 2. The van der Waals surface area contributed by atoms with Crippen LogP contribution in [0.25, 0.3) is 11.4 Å². The molecule has 1 aliphatic rings. The van der Waals surface area contributed by atoms with Gasteiger partial charge in [0, 0.05) is 33.3 Å². The molecule has 1 fully saturated rings. The number of anilines is 3. The molecule has 0 saturated carbocycles. The third-order valence-electron chi connectivity index (χ3n) is 4.97. The summed E-state index contributed by atoms with van der Waals surface area (Å²) < 4.78 is 7.22. The van der Waals surface area contributed by atoms with Crippen LogP contribution < -0.4 is 26.0 Å². The largest absolute Gasteiger partial charge is 0.494 e. The third kappa shape index (κ3) is 4.21. The zero-order valence-electron chi connectivity index (χ0n) is 17.8. The second-order valence-electron chi connectivity index (χ2n) is 7.17. The number of ether oxygens (including phenoxy) is 1. The molecule has 2 amide bonds. The van der Waals surface area contributed by atoms with E-state index in [1.54, 1.807) is 30.2 Å². The third-order valence-corrected chi connectivity index (χ3v) is 4.97. The second-order valence-corrected chi connectivity index (χ2v) is 7.17. The molecule has 0 bridgehead atoms. The average molecular weight is 437 g/mol. The van der Waals surface area contributed by atoms with Crippen molar-refractivity contribution in [3.63, 3.8) is 0 Å². The molecule has 3 heterocycles. The number of carbonyl (C=O) groups excluding carboxylic acids is 2. The fourth-order valence-electron chi connectivity index (χ4n) is 3.18. The Labute approximate surface area is 183 Å². The van der Waals surface area contributed by atoms with Crippen molar-refractivity contribution < 1.29 is 14.3 Å². The van der Waals surface area contributed by atoms with Crippen LogP contribution in [0.1, 0.15) is 10.5 Å². The summed E-state index contributed by atoms with van der Waals surface area (Å²) in [5, 5.41) is 23.8. The van der Waals surface area contributed by atoms with Gasteiger partial charge < -0.3 is 26.0 Å². The Morgan fingerprint density at radius 3 is 2.66 bits per heavy atom. The van der Waals surface area contributed by atoms with E-state index in [1.165, 1.54) is 14.2 Å². The summed E-state index contributed by atoms with van der Waals surface area (Å²) in [4.78, 5) is 28.9. The number of nitrogens with one attached hydrogen (secondary N) is 4. The van der Waals surface area contributed by atoms with Crippen molar-refractivity contribution in [2.75, 3.05) is 37.9 Å². The maximum atomic E-state index is 12.4. The highest BCUT2D eigenvalue weighted by Crippen LogP contribution is 2.37. The Morgan fingerprint density at radius 2 is 2.03 bits per heavy atom. The molecule has 0 aliphatic carbocycles. The number of carbonyl (C=O) groups is 2. The van der Waals surface area contributed by atoms with Crippen LogP contribution in [-0.2, 0) is 11.8 Å². The number of hydrogen-bond acceptors (Lipinski definition) is 9. The van der Waals surface area contributed by atoms with Crippen molar-refractivity contribution in [3.8, 4) is 17.1 Å². The lowest BCUT2D eigenvalue weighted by molar-refractivity contribution is -0.121. The first-order valence-electron chi connectivity index (χ1n) is 9.91. The summed E-state index contributed by atoms with van der Waals surface area (Å²) in [5.74, 6) is 0.520. The van der Waals surface area contributed by atoms with Gasteiger partial charge in [-0.25, -0.2) is 4.98 Å². The summed E-state index contributed by atoms with van der Waals surface area (Å²) in [7, 11) is 4.82. The normalized spacial score (nSPS) is 13.2. The van der Waals surface area contributed by atoms with Crippen molar-refractivity contribution >= 4 is 29.0 Å². The molecule has 166 valence electrons. The minimum atomic E-state index is -0.428. The number of nitrogens with zero attached hydrogens (tertiary/aromatic N) is 5. The smallest absolute Gasteiger partial charge is 0.273 e. The summed E-state index contributed by atoms with van der Waals surface area (Å²) >= 11 is 0. The lowest BCUT2D eigenvalue weighted by Crippen LogP contribution is -2.48. The van der Waals surface area contributed by atoms with Crippen LogP contribution in [-0.4, -0.2) is 64.0 Å². The van der Waals surface area contributed by atoms with E-state index in [1.807, 2.05) is 12.1 Å². The molecule has 4 N–H and O–H groups in total. The van der Waals surface area contributed by atoms with Gasteiger partial charge in [-0.2, -0.15) is 5.10 Å². The van der Waals surface area contributed by atoms with Crippen molar-refractivity contribution in [2.45, 2.75) is 0 Å². The molecule has 4 rings (SSSR count). The number of hydrogen-bond donors (Lipinski definition) is 4. The van der Waals surface area contributed by atoms with E-state index in [9.17, 15) is 9.59 Å². The summed E-state index contributed by atoms with van der Waals surface area (Å²) in [5.41, 5.74) is 1.66. The molecule has 0 radical (unpaired) electrons. The molecule has 2 aromatic heterocycles. The standard InChI is InChI=1S/C20H23N9O3/c1-21-20(31)16-14(7-15(26-27-16)25-19(30)11-8-22-9-11)24-13-6-4-5-12(17(13)32-3)18-23-10-29(2)28-18/h4-7,10-11,22H,8-9H2,1-3H3,(H,21,31)(H2,24,25,26,30). The van der Waals surface area contributed by atoms with Crippen LogP contribution in [0.15, 0.2) is 30.6 Å². The second kappa shape index (κ2) is 8.98.